The third kappa shape index (κ3) is 3.17. The highest BCUT2D eigenvalue weighted by molar-refractivity contribution is 6.12. The van der Waals surface area contributed by atoms with E-state index in [1.807, 2.05) is 18.2 Å². The maximum atomic E-state index is 12.4. The minimum Gasteiger partial charge on any atom is -0.454 e. The Morgan fingerprint density at radius 3 is 2.71 bits per heavy atom. The second-order valence-electron chi connectivity index (χ2n) is 5.72. The van der Waals surface area contributed by atoms with Gasteiger partial charge in [0.05, 0.1) is 5.69 Å². The molecule has 0 fully saturated rings. The number of hydrogen-bond donors (Lipinski definition) is 1. The number of nitrogens with one attached hydrogen (secondary N) is 1. The summed E-state index contributed by atoms with van der Waals surface area (Å²) in [6.07, 6.45) is 0.471. The molecule has 0 unspecified atom stereocenters. The molecule has 0 saturated carbocycles. The Labute approximate surface area is 140 Å². The predicted octanol–water partition coefficient (Wildman–Crippen LogP) is 3.73. The SMILES string of the molecule is CC(C)c1cccc(NC(=O)N(C=O)c2ccc3c(c2)OCO3)c1. The lowest BCUT2D eigenvalue weighted by Crippen LogP contribution is -2.33. The monoisotopic (exact) mass is 326 g/mol. The minimum absolute atomic E-state index is 0.133. The first-order valence-electron chi connectivity index (χ1n) is 7.63. The van der Waals surface area contributed by atoms with Crippen LogP contribution in [0.2, 0.25) is 0 Å². The van der Waals surface area contributed by atoms with Crippen molar-refractivity contribution in [2.24, 2.45) is 0 Å². The normalized spacial score (nSPS) is 12.1. The maximum Gasteiger partial charge on any atom is 0.332 e. The molecule has 3 amide bonds. The van der Waals surface area contributed by atoms with Gasteiger partial charge >= 0.3 is 6.03 Å². The standard InChI is InChI=1S/C18H18N2O4/c1-12(2)13-4-3-5-14(8-13)19-18(22)20(10-21)15-6-7-16-17(9-15)24-11-23-16/h3-10,12H,11H2,1-2H3,(H,19,22). The van der Waals surface area contributed by atoms with Crippen LogP contribution >= 0.6 is 0 Å². The van der Waals surface area contributed by atoms with E-state index in [9.17, 15) is 9.59 Å². The quantitative estimate of drug-likeness (QED) is 0.869. The first kappa shape index (κ1) is 15.9. The van der Waals surface area contributed by atoms with Crippen molar-refractivity contribution in [3.05, 3.63) is 48.0 Å². The molecule has 2 aromatic rings. The molecule has 124 valence electrons. The van der Waals surface area contributed by atoms with Crippen LogP contribution in [0.3, 0.4) is 0 Å². The molecule has 1 heterocycles. The third-order valence-electron chi connectivity index (χ3n) is 3.76. The van der Waals surface area contributed by atoms with Gasteiger partial charge in [-0.25, -0.2) is 9.69 Å². The van der Waals surface area contributed by atoms with Gasteiger partial charge in [0, 0.05) is 11.8 Å². The van der Waals surface area contributed by atoms with Crippen LogP contribution < -0.4 is 19.7 Å². The Balaban J connectivity index is 1.79. The molecule has 6 nitrogen and oxygen atoms in total. The number of benzene rings is 2. The summed E-state index contributed by atoms with van der Waals surface area (Å²) in [4.78, 5) is 24.8. The van der Waals surface area contributed by atoms with Crippen molar-refractivity contribution in [2.45, 2.75) is 19.8 Å². The molecule has 3 rings (SSSR count). The van der Waals surface area contributed by atoms with Crippen molar-refractivity contribution in [3.8, 4) is 11.5 Å². The number of ether oxygens (including phenoxy) is 2. The van der Waals surface area contributed by atoms with E-state index >= 15 is 0 Å². The van der Waals surface area contributed by atoms with Gasteiger partial charge in [0.1, 0.15) is 0 Å². The fraction of sp³-hybridized carbons (Fsp3) is 0.222. The van der Waals surface area contributed by atoms with Crippen LogP contribution in [0.4, 0.5) is 16.2 Å². The van der Waals surface area contributed by atoms with Crippen LogP contribution in [0.15, 0.2) is 42.5 Å². The summed E-state index contributed by atoms with van der Waals surface area (Å²) >= 11 is 0. The van der Waals surface area contributed by atoms with Gasteiger partial charge in [0.25, 0.3) is 0 Å². The average molecular weight is 326 g/mol. The number of carbonyl (C=O) groups is 2. The number of nitrogens with zero attached hydrogens (tertiary/aromatic N) is 1. The molecule has 24 heavy (non-hydrogen) atoms. The smallest absolute Gasteiger partial charge is 0.332 e. The van der Waals surface area contributed by atoms with Gasteiger partial charge in [-0.1, -0.05) is 26.0 Å². The Bertz CT molecular complexity index is 773. The lowest BCUT2D eigenvalue weighted by molar-refractivity contribution is -0.106. The van der Waals surface area contributed by atoms with Gasteiger partial charge < -0.3 is 14.8 Å². The number of carbonyl (C=O) groups excluding carboxylic acids is 2. The summed E-state index contributed by atoms with van der Waals surface area (Å²) in [6.45, 7) is 4.28. The molecule has 2 aromatic carbocycles. The van der Waals surface area contributed by atoms with Gasteiger partial charge in [0.2, 0.25) is 13.2 Å². The summed E-state index contributed by atoms with van der Waals surface area (Å²) in [7, 11) is 0. The zero-order valence-corrected chi connectivity index (χ0v) is 13.5. The number of rotatable bonds is 4. The minimum atomic E-state index is -0.537. The fourth-order valence-electron chi connectivity index (χ4n) is 2.42. The van der Waals surface area contributed by atoms with Crippen LogP contribution in [0.25, 0.3) is 0 Å². The number of imide groups is 1. The van der Waals surface area contributed by atoms with E-state index in [1.54, 1.807) is 24.3 Å². The number of anilines is 2. The average Bonchev–Trinajstić information content (AvgIpc) is 3.03. The van der Waals surface area contributed by atoms with E-state index in [2.05, 4.69) is 19.2 Å². The molecular formula is C18H18N2O4. The fourth-order valence-corrected chi connectivity index (χ4v) is 2.42. The molecular weight excluding hydrogens is 308 g/mol. The van der Waals surface area contributed by atoms with Crippen molar-refractivity contribution in [2.75, 3.05) is 17.0 Å². The molecule has 0 saturated heterocycles. The van der Waals surface area contributed by atoms with Crippen LogP contribution in [-0.4, -0.2) is 19.2 Å². The second kappa shape index (κ2) is 6.62. The van der Waals surface area contributed by atoms with Crippen molar-refractivity contribution < 1.29 is 19.1 Å². The first-order valence-corrected chi connectivity index (χ1v) is 7.63. The lowest BCUT2D eigenvalue weighted by Gasteiger charge is -2.17. The Morgan fingerprint density at radius 2 is 1.96 bits per heavy atom. The second-order valence-corrected chi connectivity index (χ2v) is 5.72. The summed E-state index contributed by atoms with van der Waals surface area (Å²) < 4.78 is 10.5. The zero-order valence-electron chi connectivity index (χ0n) is 13.5. The first-order chi connectivity index (χ1) is 11.6. The Hall–Kier alpha value is -3.02. The van der Waals surface area contributed by atoms with Gasteiger partial charge in [0.15, 0.2) is 11.5 Å². The largest absolute Gasteiger partial charge is 0.454 e. The molecule has 0 spiro atoms. The van der Waals surface area contributed by atoms with Gasteiger partial charge in [-0.05, 0) is 35.7 Å². The van der Waals surface area contributed by atoms with E-state index in [-0.39, 0.29) is 6.79 Å². The van der Waals surface area contributed by atoms with Gasteiger partial charge in [-0.3, -0.25) is 4.79 Å². The number of urea groups is 1. The predicted molar refractivity (Wildman–Crippen MR) is 90.7 cm³/mol. The van der Waals surface area contributed by atoms with E-state index < -0.39 is 6.03 Å². The topological polar surface area (TPSA) is 67.9 Å². The summed E-state index contributed by atoms with van der Waals surface area (Å²) in [5, 5.41) is 2.74. The van der Waals surface area contributed by atoms with Crippen LogP contribution in [0.1, 0.15) is 25.3 Å². The Morgan fingerprint density at radius 1 is 1.17 bits per heavy atom. The summed E-state index contributed by atoms with van der Waals surface area (Å²) in [6, 6.07) is 11.9. The molecule has 1 N–H and O–H groups in total. The van der Waals surface area contributed by atoms with Gasteiger partial charge in [-0.15, -0.1) is 0 Å². The lowest BCUT2D eigenvalue weighted by atomic mass is 10.0. The van der Waals surface area contributed by atoms with E-state index in [0.717, 1.165) is 10.5 Å². The van der Waals surface area contributed by atoms with Crippen molar-refractivity contribution in [1.29, 1.82) is 0 Å². The maximum absolute atomic E-state index is 12.4. The highest BCUT2D eigenvalue weighted by atomic mass is 16.7. The highest BCUT2D eigenvalue weighted by Crippen LogP contribution is 2.35. The van der Waals surface area contributed by atoms with E-state index in [4.69, 9.17) is 9.47 Å². The van der Waals surface area contributed by atoms with Crippen molar-refractivity contribution in [1.82, 2.24) is 0 Å². The molecule has 0 aliphatic carbocycles. The van der Waals surface area contributed by atoms with Crippen molar-refractivity contribution >= 4 is 23.8 Å². The molecule has 0 aromatic heterocycles. The molecule has 1 aliphatic rings. The van der Waals surface area contributed by atoms with Crippen LogP contribution in [0, 0.1) is 0 Å². The number of hydrogen-bond acceptors (Lipinski definition) is 4. The van der Waals surface area contributed by atoms with E-state index in [0.29, 0.717) is 35.2 Å². The van der Waals surface area contributed by atoms with E-state index in [1.165, 1.54) is 0 Å². The van der Waals surface area contributed by atoms with Crippen molar-refractivity contribution in [3.63, 3.8) is 0 Å². The number of amides is 3. The zero-order chi connectivity index (χ0) is 17.1. The summed E-state index contributed by atoms with van der Waals surface area (Å²) in [5.41, 5.74) is 2.15. The molecule has 0 atom stereocenters. The highest BCUT2D eigenvalue weighted by Gasteiger charge is 2.20. The third-order valence-corrected chi connectivity index (χ3v) is 3.76. The Kier molecular flexibility index (Phi) is 4.37. The van der Waals surface area contributed by atoms with Gasteiger partial charge in [-0.2, -0.15) is 0 Å². The molecule has 0 bridgehead atoms. The molecule has 0 radical (unpaired) electrons. The molecule has 1 aliphatic heterocycles. The number of fused-ring (bicyclic) bond motifs is 1. The van der Waals surface area contributed by atoms with Crippen LogP contribution in [0.5, 0.6) is 11.5 Å². The molecule has 6 heteroatoms. The van der Waals surface area contributed by atoms with Crippen LogP contribution in [-0.2, 0) is 4.79 Å². The summed E-state index contributed by atoms with van der Waals surface area (Å²) in [5.74, 6) is 1.45.